The number of fused-ring (bicyclic) bond motifs is 3. The lowest BCUT2D eigenvalue weighted by Gasteiger charge is -2.08. The molecule has 3 nitrogen and oxygen atoms in total. The zero-order valence-electron chi connectivity index (χ0n) is 17.1. The summed E-state index contributed by atoms with van der Waals surface area (Å²) in [4.78, 5) is 13.5. The summed E-state index contributed by atoms with van der Waals surface area (Å²) in [5.41, 5.74) is 8.30. The Kier molecular flexibility index (Phi) is 4.58. The van der Waals surface area contributed by atoms with E-state index in [1.54, 1.807) is 0 Å². The maximum atomic E-state index is 5.01. The first-order valence-electron chi connectivity index (χ1n) is 10.5. The summed E-state index contributed by atoms with van der Waals surface area (Å²) in [7, 11) is 0. The molecule has 1 N–H and O–H groups in total. The van der Waals surface area contributed by atoms with Gasteiger partial charge in [-0.1, -0.05) is 101 Å². The van der Waals surface area contributed by atoms with Gasteiger partial charge in [0.2, 0.25) is 0 Å². The molecule has 0 spiro atoms. The second kappa shape index (κ2) is 7.74. The normalized spacial score (nSPS) is 11.3. The molecule has 0 saturated carbocycles. The molecule has 0 aliphatic carbocycles. The molecule has 0 saturated heterocycles. The highest BCUT2D eigenvalue weighted by Crippen LogP contribution is 2.34. The number of aromatic nitrogens is 3. The summed E-state index contributed by atoms with van der Waals surface area (Å²) < 4.78 is 1.03. The number of hydrogen-bond donors (Lipinski definition) is 1. The van der Waals surface area contributed by atoms with Crippen molar-refractivity contribution < 1.29 is 0 Å². The van der Waals surface area contributed by atoms with E-state index in [1.807, 2.05) is 42.5 Å². The van der Waals surface area contributed by atoms with Crippen molar-refractivity contribution in [2.75, 3.05) is 0 Å². The van der Waals surface area contributed by atoms with Crippen molar-refractivity contribution in [1.82, 2.24) is 15.0 Å². The van der Waals surface area contributed by atoms with Crippen LogP contribution < -0.4 is 0 Å². The molecule has 0 bridgehead atoms. The number of rotatable bonds is 3. The van der Waals surface area contributed by atoms with Crippen LogP contribution in [0.25, 0.3) is 55.7 Å². The molecular weight excluding hydrogens is 458 g/mol. The highest BCUT2D eigenvalue weighted by Gasteiger charge is 2.16. The zero-order chi connectivity index (χ0) is 21.5. The van der Waals surface area contributed by atoms with Crippen molar-refractivity contribution in [2.45, 2.75) is 0 Å². The molecular formula is C28H18BrN3. The van der Waals surface area contributed by atoms with E-state index in [0.29, 0.717) is 0 Å². The maximum absolute atomic E-state index is 5.01. The Hall–Kier alpha value is -3.76. The van der Waals surface area contributed by atoms with Crippen LogP contribution in [0.5, 0.6) is 0 Å². The first kappa shape index (κ1) is 19.0. The van der Waals surface area contributed by atoms with Crippen LogP contribution in [-0.2, 0) is 0 Å². The van der Waals surface area contributed by atoms with Crippen LogP contribution in [0.1, 0.15) is 0 Å². The van der Waals surface area contributed by atoms with Crippen molar-refractivity contribution in [2.24, 2.45) is 0 Å². The van der Waals surface area contributed by atoms with E-state index < -0.39 is 0 Å². The Labute approximate surface area is 193 Å². The number of halogens is 1. The Bertz CT molecular complexity index is 1550. The van der Waals surface area contributed by atoms with Gasteiger partial charge in [0.25, 0.3) is 0 Å². The van der Waals surface area contributed by atoms with E-state index in [4.69, 9.17) is 9.97 Å². The highest BCUT2D eigenvalue weighted by molar-refractivity contribution is 9.10. The molecule has 0 atom stereocenters. The van der Waals surface area contributed by atoms with Gasteiger partial charge in [0.1, 0.15) is 5.52 Å². The third kappa shape index (κ3) is 3.29. The minimum atomic E-state index is 0.719. The molecule has 2 heterocycles. The summed E-state index contributed by atoms with van der Waals surface area (Å²) in [6, 6.07) is 35.4. The van der Waals surface area contributed by atoms with Crippen LogP contribution in [0.3, 0.4) is 0 Å². The first-order chi connectivity index (χ1) is 15.8. The van der Waals surface area contributed by atoms with Crippen LogP contribution in [0.15, 0.2) is 108 Å². The van der Waals surface area contributed by atoms with Gasteiger partial charge in [-0.2, -0.15) is 0 Å². The smallest absolute Gasteiger partial charge is 0.160 e. The second-order valence-electron chi connectivity index (χ2n) is 7.74. The van der Waals surface area contributed by atoms with E-state index in [0.717, 1.165) is 49.1 Å². The van der Waals surface area contributed by atoms with Crippen LogP contribution in [0, 0.1) is 0 Å². The average molecular weight is 476 g/mol. The van der Waals surface area contributed by atoms with Crippen molar-refractivity contribution in [3.05, 3.63) is 108 Å². The van der Waals surface area contributed by atoms with Gasteiger partial charge in [-0.3, -0.25) is 0 Å². The molecule has 0 fully saturated rings. The van der Waals surface area contributed by atoms with Crippen LogP contribution in [0.4, 0.5) is 0 Å². The average Bonchev–Trinajstić information content (AvgIpc) is 3.23. The standard InChI is InChI=1S/C28H18BrN3/c29-22-16-14-21(15-17-22)28-31-25(27-26(32-28)23-8-4-5-9-24(23)30-27)20-12-10-19(11-13-20)18-6-2-1-3-7-18/h1-17,30H. The predicted molar refractivity (Wildman–Crippen MR) is 135 cm³/mol. The summed E-state index contributed by atoms with van der Waals surface area (Å²) in [6.07, 6.45) is 0. The summed E-state index contributed by atoms with van der Waals surface area (Å²) >= 11 is 3.52. The molecule has 2 aromatic heterocycles. The molecule has 6 aromatic rings. The van der Waals surface area contributed by atoms with E-state index >= 15 is 0 Å². The van der Waals surface area contributed by atoms with Gasteiger partial charge in [0, 0.05) is 26.5 Å². The molecule has 0 unspecified atom stereocenters. The van der Waals surface area contributed by atoms with Crippen molar-refractivity contribution in [3.8, 4) is 33.8 Å². The number of benzene rings is 4. The molecule has 4 heteroatoms. The van der Waals surface area contributed by atoms with E-state index in [9.17, 15) is 0 Å². The summed E-state index contributed by atoms with van der Waals surface area (Å²) in [5.74, 6) is 0.719. The maximum Gasteiger partial charge on any atom is 0.160 e. The summed E-state index contributed by atoms with van der Waals surface area (Å²) in [6.45, 7) is 0. The Morgan fingerprint density at radius 3 is 1.97 bits per heavy atom. The lowest BCUT2D eigenvalue weighted by atomic mass is 10.0. The number of aromatic amines is 1. The number of para-hydroxylation sites is 1. The lowest BCUT2D eigenvalue weighted by Crippen LogP contribution is -1.94. The molecule has 32 heavy (non-hydrogen) atoms. The molecule has 0 aliphatic rings. The number of H-pyrrole nitrogens is 1. The minimum absolute atomic E-state index is 0.719. The quantitative estimate of drug-likeness (QED) is 0.282. The minimum Gasteiger partial charge on any atom is -0.351 e. The van der Waals surface area contributed by atoms with Gasteiger partial charge < -0.3 is 4.98 Å². The van der Waals surface area contributed by atoms with Gasteiger partial charge in [0.05, 0.1) is 11.2 Å². The molecule has 0 aliphatic heterocycles. The number of hydrogen-bond acceptors (Lipinski definition) is 2. The van der Waals surface area contributed by atoms with Gasteiger partial charge in [0.15, 0.2) is 5.82 Å². The lowest BCUT2D eigenvalue weighted by molar-refractivity contribution is 1.23. The van der Waals surface area contributed by atoms with E-state index in [1.165, 1.54) is 11.1 Å². The fraction of sp³-hybridized carbons (Fsp3) is 0. The van der Waals surface area contributed by atoms with Gasteiger partial charge in [-0.05, 0) is 29.3 Å². The molecule has 152 valence electrons. The third-order valence-electron chi connectivity index (χ3n) is 5.72. The second-order valence-corrected chi connectivity index (χ2v) is 8.66. The third-order valence-corrected chi connectivity index (χ3v) is 6.25. The number of nitrogens with one attached hydrogen (secondary N) is 1. The Morgan fingerprint density at radius 1 is 0.562 bits per heavy atom. The van der Waals surface area contributed by atoms with Crippen LogP contribution >= 0.6 is 15.9 Å². The van der Waals surface area contributed by atoms with E-state index in [-0.39, 0.29) is 0 Å². The monoisotopic (exact) mass is 475 g/mol. The van der Waals surface area contributed by atoms with Crippen LogP contribution in [-0.4, -0.2) is 15.0 Å². The fourth-order valence-corrected chi connectivity index (χ4v) is 4.36. The number of nitrogens with zero attached hydrogens (tertiary/aromatic N) is 2. The van der Waals surface area contributed by atoms with Crippen LogP contribution in [0.2, 0.25) is 0 Å². The van der Waals surface area contributed by atoms with Crippen molar-refractivity contribution >= 4 is 37.9 Å². The van der Waals surface area contributed by atoms with Gasteiger partial charge >= 0.3 is 0 Å². The molecule has 0 radical (unpaired) electrons. The van der Waals surface area contributed by atoms with Crippen molar-refractivity contribution in [1.29, 1.82) is 0 Å². The predicted octanol–water partition coefficient (Wildman–Crippen LogP) is 7.87. The molecule has 4 aromatic carbocycles. The Balaban J connectivity index is 1.57. The summed E-state index contributed by atoms with van der Waals surface area (Å²) in [5, 5.41) is 1.10. The zero-order valence-corrected chi connectivity index (χ0v) is 18.7. The van der Waals surface area contributed by atoms with Gasteiger partial charge in [-0.15, -0.1) is 0 Å². The Morgan fingerprint density at radius 2 is 1.19 bits per heavy atom. The topological polar surface area (TPSA) is 41.6 Å². The van der Waals surface area contributed by atoms with E-state index in [2.05, 4.69) is 81.6 Å². The van der Waals surface area contributed by atoms with Gasteiger partial charge in [-0.25, -0.2) is 9.97 Å². The molecule has 6 rings (SSSR count). The SMILES string of the molecule is Brc1ccc(-c2nc(-c3ccc(-c4ccccc4)cc3)c3[nH]c4ccccc4c3n2)cc1. The largest absolute Gasteiger partial charge is 0.351 e. The van der Waals surface area contributed by atoms with Crippen molar-refractivity contribution in [3.63, 3.8) is 0 Å². The molecule has 0 amide bonds. The first-order valence-corrected chi connectivity index (χ1v) is 11.3. The highest BCUT2D eigenvalue weighted by atomic mass is 79.9. The fourth-order valence-electron chi connectivity index (χ4n) is 4.10.